The lowest BCUT2D eigenvalue weighted by Crippen LogP contribution is -2.41. The van der Waals surface area contributed by atoms with Crippen molar-refractivity contribution >= 4 is 11.8 Å². The second-order valence-electron chi connectivity index (χ2n) is 4.60. The molecule has 1 fully saturated rings. The zero-order chi connectivity index (χ0) is 12.7. The van der Waals surface area contributed by atoms with Crippen LogP contribution in [0.5, 0.6) is 0 Å². The predicted octanol–water partition coefficient (Wildman–Crippen LogP) is 0.00380. The van der Waals surface area contributed by atoms with Crippen LogP contribution in [0.1, 0.15) is 32.6 Å². The summed E-state index contributed by atoms with van der Waals surface area (Å²) >= 11 is 0. The molecule has 0 heterocycles. The average Bonchev–Trinajstić information content (AvgIpc) is 2.81. The summed E-state index contributed by atoms with van der Waals surface area (Å²) in [6.07, 6.45) is 3.88. The standard InChI is InChI=1S/C12H23N3O2/c1-2-6-14-11(16)8-15-12(17)10-5-3-4-9(10)7-13/h9-10H,2-8,13H2,1H3,(H,14,16)(H,15,17)/t9-,10-/m1/s1. The summed E-state index contributed by atoms with van der Waals surface area (Å²) in [4.78, 5) is 23.2. The zero-order valence-corrected chi connectivity index (χ0v) is 10.5. The molecule has 0 spiro atoms. The molecule has 1 aliphatic carbocycles. The molecule has 1 aliphatic rings. The van der Waals surface area contributed by atoms with Crippen molar-refractivity contribution in [1.29, 1.82) is 0 Å². The van der Waals surface area contributed by atoms with E-state index in [4.69, 9.17) is 5.73 Å². The van der Waals surface area contributed by atoms with Crippen molar-refractivity contribution in [2.75, 3.05) is 19.6 Å². The van der Waals surface area contributed by atoms with Gasteiger partial charge in [-0.05, 0) is 31.7 Å². The third-order valence-corrected chi connectivity index (χ3v) is 3.29. The van der Waals surface area contributed by atoms with Gasteiger partial charge < -0.3 is 16.4 Å². The molecule has 2 amide bonds. The Hall–Kier alpha value is -1.10. The Morgan fingerprint density at radius 2 is 2.06 bits per heavy atom. The Morgan fingerprint density at radius 1 is 1.29 bits per heavy atom. The monoisotopic (exact) mass is 241 g/mol. The maximum Gasteiger partial charge on any atom is 0.239 e. The minimum absolute atomic E-state index is 0.000949. The number of nitrogens with one attached hydrogen (secondary N) is 2. The predicted molar refractivity (Wildman–Crippen MR) is 66.2 cm³/mol. The minimum atomic E-state index is -0.123. The molecule has 2 atom stereocenters. The van der Waals surface area contributed by atoms with Gasteiger partial charge in [-0.2, -0.15) is 0 Å². The van der Waals surface area contributed by atoms with Crippen molar-refractivity contribution in [2.24, 2.45) is 17.6 Å². The van der Waals surface area contributed by atoms with E-state index in [1.165, 1.54) is 0 Å². The van der Waals surface area contributed by atoms with Crippen LogP contribution in [0, 0.1) is 11.8 Å². The molecule has 0 aromatic rings. The highest BCUT2D eigenvalue weighted by Crippen LogP contribution is 2.30. The molecule has 0 bridgehead atoms. The summed E-state index contributed by atoms with van der Waals surface area (Å²) in [5.41, 5.74) is 5.62. The summed E-state index contributed by atoms with van der Waals surface area (Å²) in [5, 5.41) is 5.42. The van der Waals surface area contributed by atoms with Gasteiger partial charge in [0.15, 0.2) is 0 Å². The van der Waals surface area contributed by atoms with Gasteiger partial charge in [-0.3, -0.25) is 9.59 Å². The molecule has 5 heteroatoms. The van der Waals surface area contributed by atoms with Gasteiger partial charge in [0.2, 0.25) is 11.8 Å². The highest BCUT2D eigenvalue weighted by molar-refractivity contribution is 5.86. The molecule has 0 aliphatic heterocycles. The largest absolute Gasteiger partial charge is 0.355 e. The Bertz CT molecular complexity index is 268. The van der Waals surface area contributed by atoms with E-state index in [1.54, 1.807) is 0 Å². The number of rotatable bonds is 6. The number of amides is 2. The Balaban J connectivity index is 2.27. The molecule has 0 unspecified atom stereocenters. The zero-order valence-electron chi connectivity index (χ0n) is 10.5. The van der Waals surface area contributed by atoms with Gasteiger partial charge in [0.1, 0.15) is 0 Å². The Morgan fingerprint density at radius 3 is 2.71 bits per heavy atom. The summed E-state index contributed by atoms with van der Waals surface area (Å²) in [5.74, 6) is 0.139. The molecule has 1 rings (SSSR count). The van der Waals surface area contributed by atoms with E-state index >= 15 is 0 Å². The van der Waals surface area contributed by atoms with Crippen molar-refractivity contribution < 1.29 is 9.59 Å². The first-order valence-corrected chi connectivity index (χ1v) is 6.43. The number of hydrogen-bond acceptors (Lipinski definition) is 3. The van der Waals surface area contributed by atoms with E-state index in [-0.39, 0.29) is 30.2 Å². The van der Waals surface area contributed by atoms with E-state index in [0.717, 1.165) is 25.7 Å². The average molecular weight is 241 g/mol. The second-order valence-corrected chi connectivity index (χ2v) is 4.60. The van der Waals surface area contributed by atoms with Crippen LogP contribution in [0.2, 0.25) is 0 Å². The van der Waals surface area contributed by atoms with Gasteiger partial charge >= 0.3 is 0 Å². The van der Waals surface area contributed by atoms with Crippen molar-refractivity contribution in [1.82, 2.24) is 10.6 Å². The maximum absolute atomic E-state index is 11.8. The maximum atomic E-state index is 11.8. The van der Waals surface area contributed by atoms with Crippen LogP contribution in [0.4, 0.5) is 0 Å². The van der Waals surface area contributed by atoms with Crippen LogP contribution in [0.3, 0.4) is 0 Å². The molecular weight excluding hydrogens is 218 g/mol. The highest BCUT2D eigenvalue weighted by Gasteiger charge is 2.31. The topological polar surface area (TPSA) is 84.2 Å². The van der Waals surface area contributed by atoms with Gasteiger partial charge in [0.05, 0.1) is 6.54 Å². The van der Waals surface area contributed by atoms with Gasteiger partial charge in [-0.15, -0.1) is 0 Å². The van der Waals surface area contributed by atoms with E-state index in [1.807, 2.05) is 6.92 Å². The summed E-state index contributed by atoms with van der Waals surface area (Å²) in [6, 6.07) is 0. The van der Waals surface area contributed by atoms with Crippen LogP contribution < -0.4 is 16.4 Å². The van der Waals surface area contributed by atoms with Crippen LogP contribution in [-0.4, -0.2) is 31.4 Å². The van der Waals surface area contributed by atoms with Gasteiger partial charge in [0.25, 0.3) is 0 Å². The molecular formula is C12H23N3O2. The van der Waals surface area contributed by atoms with Gasteiger partial charge in [-0.1, -0.05) is 13.3 Å². The van der Waals surface area contributed by atoms with Crippen LogP contribution in [-0.2, 0) is 9.59 Å². The van der Waals surface area contributed by atoms with E-state index in [2.05, 4.69) is 10.6 Å². The molecule has 0 aromatic carbocycles. The molecule has 17 heavy (non-hydrogen) atoms. The smallest absolute Gasteiger partial charge is 0.239 e. The normalized spacial score (nSPS) is 23.4. The Labute approximate surface area is 103 Å². The summed E-state index contributed by atoms with van der Waals surface area (Å²) < 4.78 is 0. The molecule has 5 nitrogen and oxygen atoms in total. The molecule has 0 saturated heterocycles. The number of carbonyl (C=O) groups is 2. The van der Waals surface area contributed by atoms with Gasteiger partial charge in [0, 0.05) is 12.5 Å². The molecule has 1 saturated carbocycles. The second kappa shape index (κ2) is 7.27. The number of nitrogens with two attached hydrogens (primary N) is 1. The first-order chi connectivity index (χ1) is 8.19. The number of hydrogen-bond donors (Lipinski definition) is 3. The molecule has 98 valence electrons. The first kappa shape index (κ1) is 14.0. The number of carbonyl (C=O) groups excluding carboxylic acids is 2. The summed E-state index contributed by atoms with van der Waals surface area (Å²) in [6.45, 7) is 3.28. The van der Waals surface area contributed by atoms with Crippen molar-refractivity contribution in [2.45, 2.75) is 32.6 Å². The fourth-order valence-electron chi connectivity index (χ4n) is 2.29. The fraction of sp³-hybridized carbons (Fsp3) is 0.833. The van der Waals surface area contributed by atoms with Crippen LogP contribution in [0.25, 0.3) is 0 Å². The van der Waals surface area contributed by atoms with Crippen molar-refractivity contribution in [3.8, 4) is 0 Å². The van der Waals surface area contributed by atoms with E-state index in [0.29, 0.717) is 13.1 Å². The molecule has 0 aromatic heterocycles. The highest BCUT2D eigenvalue weighted by atomic mass is 16.2. The lowest BCUT2D eigenvalue weighted by atomic mass is 9.95. The molecule has 4 N–H and O–H groups in total. The fourth-order valence-corrected chi connectivity index (χ4v) is 2.29. The quantitative estimate of drug-likeness (QED) is 0.612. The van der Waals surface area contributed by atoms with Crippen LogP contribution >= 0.6 is 0 Å². The van der Waals surface area contributed by atoms with E-state index < -0.39 is 0 Å². The molecule has 0 radical (unpaired) electrons. The van der Waals surface area contributed by atoms with E-state index in [9.17, 15) is 9.59 Å². The minimum Gasteiger partial charge on any atom is -0.355 e. The lowest BCUT2D eigenvalue weighted by molar-refractivity contribution is -0.129. The lowest BCUT2D eigenvalue weighted by Gasteiger charge is -2.17. The Kier molecular flexibility index (Phi) is 5.97. The third kappa shape index (κ3) is 4.34. The SMILES string of the molecule is CCCNC(=O)CNC(=O)[C@@H]1CCC[C@@H]1CN. The first-order valence-electron chi connectivity index (χ1n) is 6.43. The van der Waals surface area contributed by atoms with Gasteiger partial charge in [-0.25, -0.2) is 0 Å². The van der Waals surface area contributed by atoms with Crippen molar-refractivity contribution in [3.63, 3.8) is 0 Å². The van der Waals surface area contributed by atoms with Crippen LogP contribution in [0.15, 0.2) is 0 Å². The third-order valence-electron chi connectivity index (χ3n) is 3.29. The summed E-state index contributed by atoms with van der Waals surface area (Å²) in [7, 11) is 0. The van der Waals surface area contributed by atoms with Crippen molar-refractivity contribution in [3.05, 3.63) is 0 Å².